The number of sulfonamides is 1. The van der Waals surface area contributed by atoms with Crippen molar-refractivity contribution in [1.29, 1.82) is 0 Å². The van der Waals surface area contributed by atoms with Crippen LogP contribution in [0.3, 0.4) is 0 Å². The quantitative estimate of drug-likeness (QED) is 0.850. The van der Waals surface area contributed by atoms with Gasteiger partial charge in [0.15, 0.2) is 0 Å². The van der Waals surface area contributed by atoms with Gasteiger partial charge < -0.3 is 5.32 Å². The van der Waals surface area contributed by atoms with E-state index in [1.165, 1.54) is 16.8 Å². The molecule has 0 radical (unpaired) electrons. The van der Waals surface area contributed by atoms with Crippen LogP contribution in [0.4, 0.5) is 5.13 Å². The van der Waals surface area contributed by atoms with E-state index >= 15 is 0 Å². The lowest BCUT2D eigenvalue weighted by Gasteiger charge is -2.05. The van der Waals surface area contributed by atoms with Crippen LogP contribution in [0.5, 0.6) is 0 Å². The van der Waals surface area contributed by atoms with Gasteiger partial charge in [-0.05, 0) is 12.1 Å². The Bertz CT molecular complexity index is 619. The zero-order valence-electron chi connectivity index (χ0n) is 10.5. The van der Waals surface area contributed by atoms with E-state index in [1.54, 1.807) is 6.07 Å². The first-order chi connectivity index (χ1) is 8.97. The molecule has 2 rings (SSSR count). The molecule has 2 N–H and O–H groups in total. The number of nitrogens with one attached hydrogen (secondary N) is 2. The molecule has 0 aliphatic carbocycles. The second-order valence-electron chi connectivity index (χ2n) is 4.11. The van der Waals surface area contributed by atoms with Crippen molar-refractivity contribution in [3.63, 3.8) is 0 Å². The topological polar surface area (TPSA) is 84.0 Å². The van der Waals surface area contributed by atoms with E-state index in [0.717, 1.165) is 16.2 Å². The molecule has 0 spiro atoms. The number of hydrogen-bond acceptors (Lipinski definition) is 7. The largest absolute Gasteiger partial charge is 0.310 e. The molecule has 0 saturated heterocycles. The highest BCUT2D eigenvalue weighted by atomic mass is 32.2. The molecule has 0 saturated carbocycles. The van der Waals surface area contributed by atoms with Gasteiger partial charge in [0.1, 0.15) is 9.72 Å². The van der Waals surface area contributed by atoms with Crippen LogP contribution in [0, 0.1) is 0 Å². The SMILES string of the molecule is CC(C)NCc1ccc(S(=O)(=O)Nc2nncs2)s1. The molecule has 0 amide bonds. The summed E-state index contributed by atoms with van der Waals surface area (Å²) in [5.41, 5.74) is 1.48. The molecule has 0 aromatic carbocycles. The fraction of sp³-hybridized carbons (Fsp3) is 0.400. The molecule has 9 heteroatoms. The Morgan fingerprint density at radius 2 is 2.16 bits per heavy atom. The van der Waals surface area contributed by atoms with Crippen molar-refractivity contribution >= 4 is 37.8 Å². The molecule has 104 valence electrons. The molecule has 0 atom stereocenters. The zero-order chi connectivity index (χ0) is 13.9. The summed E-state index contributed by atoms with van der Waals surface area (Å²) in [4.78, 5) is 0.978. The van der Waals surface area contributed by atoms with E-state index in [4.69, 9.17) is 0 Å². The summed E-state index contributed by atoms with van der Waals surface area (Å²) in [5, 5.41) is 10.8. The highest BCUT2D eigenvalue weighted by molar-refractivity contribution is 7.94. The average molecular weight is 318 g/mol. The summed E-state index contributed by atoms with van der Waals surface area (Å²) in [7, 11) is -3.55. The van der Waals surface area contributed by atoms with Gasteiger partial charge in [-0.25, -0.2) is 8.42 Å². The molecule has 2 heterocycles. The third-order valence-corrected chi connectivity index (χ3v) is 5.82. The molecular weight excluding hydrogens is 304 g/mol. The lowest BCUT2D eigenvalue weighted by Crippen LogP contribution is -2.21. The predicted molar refractivity (Wildman–Crippen MR) is 77.0 cm³/mol. The zero-order valence-corrected chi connectivity index (χ0v) is 12.9. The molecule has 0 bridgehead atoms. The Morgan fingerprint density at radius 3 is 2.79 bits per heavy atom. The summed E-state index contributed by atoms with van der Waals surface area (Å²) in [6.07, 6.45) is 0. The van der Waals surface area contributed by atoms with Crippen molar-refractivity contribution in [2.24, 2.45) is 0 Å². The summed E-state index contributed by atoms with van der Waals surface area (Å²) in [5.74, 6) is 0. The average Bonchev–Trinajstić information content (AvgIpc) is 2.96. The molecule has 0 unspecified atom stereocenters. The Balaban J connectivity index is 2.08. The van der Waals surface area contributed by atoms with Gasteiger partial charge in [-0.3, -0.25) is 4.72 Å². The van der Waals surface area contributed by atoms with Crippen LogP contribution in [0.1, 0.15) is 18.7 Å². The van der Waals surface area contributed by atoms with E-state index in [2.05, 4.69) is 20.2 Å². The minimum atomic E-state index is -3.55. The Hall–Kier alpha value is -1.03. The van der Waals surface area contributed by atoms with Crippen molar-refractivity contribution in [2.45, 2.75) is 30.6 Å². The molecule has 0 aliphatic rings. The standard InChI is InChI=1S/C10H14N4O2S3/c1-7(2)11-5-8-3-4-9(18-8)19(15,16)14-10-13-12-6-17-10/h3-4,6-7,11H,5H2,1-2H3,(H,13,14). The van der Waals surface area contributed by atoms with Crippen LogP contribution in [0.25, 0.3) is 0 Å². The summed E-state index contributed by atoms with van der Waals surface area (Å²) < 4.78 is 26.8. The summed E-state index contributed by atoms with van der Waals surface area (Å²) in [6.45, 7) is 4.75. The first-order valence-electron chi connectivity index (χ1n) is 5.58. The molecule has 2 aromatic heterocycles. The number of rotatable bonds is 6. The van der Waals surface area contributed by atoms with E-state index < -0.39 is 10.0 Å². The molecule has 19 heavy (non-hydrogen) atoms. The summed E-state index contributed by atoms with van der Waals surface area (Å²) in [6, 6.07) is 3.78. The maximum Gasteiger partial charge on any atom is 0.273 e. The van der Waals surface area contributed by atoms with Crippen molar-refractivity contribution < 1.29 is 8.42 Å². The number of anilines is 1. The minimum Gasteiger partial charge on any atom is -0.310 e. The molecule has 6 nitrogen and oxygen atoms in total. The Labute approximate surface area is 119 Å². The van der Waals surface area contributed by atoms with Gasteiger partial charge in [0.2, 0.25) is 5.13 Å². The molecule has 0 fully saturated rings. The number of nitrogens with zero attached hydrogens (tertiary/aromatic N) is 2. The number of thiophene rings is 1. The van der Waals surface area contributed by atoms with Gasteiger partial charge in [-0.2, -0.15) is 0 Å². The van der Waals surface area contributed by atoms with Gasteiger partial charge in [0, 0.05) is 17.5 Å². The number of aromatic nitrogens is 2. The fourth-order valence-corrected chi connectivity index (χ4v) is 4.28. The molecule has 2 aromatic rings. The highest BCUT2D eigenvalue weighted by Crippen LogP contribution is 2.24. The maximum atomic E-state index is 12.1. The number of hydrogen-bond donors (Lipinski definition) is 2. The first-order valence-corrected chi connectivity index (χ1v) is 8.76. The second kappa shape index (κ2) is 5.95. The Kier molecular flexibility index (Phi) is 4.50. The van der Waals surface area contributed by atoms with E-state index in [0.29, 0.717) is 12.6 Å². The second-order valence-corrected chi connectivity index (χ2v) is 8.02. The summed E-state index contributed by atoms with van der Waals surface area (Å²) >= 11 is 2.39. The lowest BCUT2D eigenvalue weighted by molar-refractivity contribution is 0.593. The van der Waals surface area contributed by atoms with Crippen LogP contribution in [-0.4, -0.2) is 24.7 Å². The first kappa shape index (κ1) is 14.4. The highest BCUT2D eigenvalue weighted by Gasteiger charge is 2.18. The van der Waals surface area contributed by atoms with Gasteiger partial charge in [-0.1, -0.05) is 25.2 Å². The van der Waals surface area contributed by atoms with Crippen molar-refractivity contribution in [1.82, 2.24) is 15.5 Å². The molecule has 0 aliphatic heterocycles. The molecular formula is C10H14N4O2S3. The van der Waals surface area contributed by atoms with Crippen molar-refractivity contribution in [3.8, 4) is 0 Å². The Morgan fingerprint density at radius 1 is 1.37 bits per heavy atom. The van der Waals surface area contributed by atoms with Crippen molar-refractivity contribution in [2.75, 3.05) is 4.72 Å². The fourth-order valence-electron chi connectivity index (χ4n) is 1.29. The van der Waals surface area contributed by atoms with Crippen LogP contribution in [0.2, 0.25) is 0 Å². The van der Waals surface area contributed by atoms with E-state index in [1.807, 2.05) is 19.9 Å². The maximum absolute atomic E-state index is 12.1. The normalized spacial score (nSPS) is 11.9. The van der Waals surface area contributed by atoms with E-state index in [-0.39, 0.29) is 9.34 Å². The van der Waals surface area contributed by atoms with Crippen LogP contribution in [-0.2, 0) is 16.6 Å². The smallest absolute Gasteiger partial charge is 0.273 e. The third kappa shape index (κ3) is 3.96. The van der Waals surface area contributed by atoms with Crippen LogP contribution < -0.4 is 10.0 Å². The van der Waals surface area contributed by atoms with Crippen LogP contribution in [0.15, 0.2) is 21.9 Å². The minimum absolute atomic E-state index is 0.273. The van der Waals surface area contributed by atoms with E-state index in [9.17, 15) is 8.42 Å². The van der Waals surface area contributed by atoms with Gasteiger partial charge >= 0.3 is 0 Å². The third-order valence-electron chi connectivity index (χ3n) is 2.17. The predicted octanol–water partition coefficient (Wildman–Crippen LogP) is 1.90. The van der Waals surface area contributed by atoms with Gasteiger partial charge in [0.25, 0.3) is 10.0 Å². The van der Waals surface area contributed by atoms with Gasteiger partial charge in [-0.15, -0.1) is 21.5 Å². The monoisotopic (exact) mass is 318 g/mol. The van der Waals surface area contributed by atoms with Crippen molar-refractivity contribution in [3.05, 3.63) is 22.5 Å². The van der Waals surface area contributed by atoms with Crippen LogP contribution >= 0.6 is 22.7 Å². The lowest BCUT2D eigenvalue weighted by atomic mass is 10.4. The van der Waals surface area contributed by atoms with Gasteiger partial charge in [0.05, 0.1) is 0 Å².